The Morgan fingerprint density at radius 2 is 1.74 bits per heavy atom. The Bertz CT molecular complexity index is 236. The van der Waals surface area contributed by atoms with E-state index >= 15 is 0 Å². The highest BCUT2D eigenvalue weighted by Gasteiger charge is 1.99. The Labute approximate surface area is 117 Å². The third kappa shape index (κ3) is 15.1. The summed E-state index contributed by atoms with van der Waals surface area (Å²) in [6, 6.07) is 0. The number of hydrogen-bond acceptors (Lipinski definition) is 2. The quantitative estimate of drug-likeness (QED) is 0.387. The van der Waals surface area contributed by atoms with Crippen LogP contribution in [0.25, 0.3) is 0 Å². The van der Waals surface area contributed by atoms with Gasteiger partial charge in [0.05, 0.1) is 6.10 Å². The van der Waals surface area contributed by atoms with Crippen LogP contribution in [0.3, 0.4) is 0 Å². The predicted molar refractivity (Wildman–Crippen MR) is 79.2 cm³/mol. The molecule has 3 heteroatoms. The Morgan fingerprint density at radius 1 is 1.05 bits per heavy atom. The van der Waals surface area contributed by atoms with Crippen molar-refractivity contribution in [3.8, 4) is 0 Å². The zero-order valence-corrected chi connectivity index (χ0v) is 12.3. The highest BCUT2D eigenvalue weighted by atomic mass is 16.4. The first-order valence-electron chi connectivity index (χ1n) is 7.71. The number of aliphatic hydroxyl groups excluding tert-OH is 1. The van der Waals surface area contributed by atoms with E-state index in [1.807, 2.05) is 0 Å². The monoisotopic (exact) mass is 270 g/mol. The fourth-order valence-corrected chi connectivity index (χ4v) is 2.00. The first kappa shape index (κ1) is 18.2. The van der Waals surface area contributed by atoms with Gasteiger partial charge in [-0.05, 0) is 32.1 Å². The molecule has 1 unspecified atom stereocenters. The minimum absolute atomic E-state index is 0.174. The smallest absolute Gasteiger partial charge is 0.303 e. The highest BCUT2D eigenvalue weighted by Crippen LogP contribution is 2.09. The molecule has 1 atom stereocenters. The molecule has 0 aliphatic heterocycles. The molecule has 0 saturated heterocycles. The first-order chi connectivity index (χ1) is 9.16. The predicted octanol–water partition coefficient (Wildman–Crippen LogP) is 4.30. The van der Waals surface area contributed by atoms with Crippen LogP contribution in [0, 0.1) is 0 Å². The molecular formula is C16H30O3. The number of unbranched alkanes of at least 4 members (excludes halogenated alkanes) is 6. The lowest BCUT2D eigenvalue weighted by molar-refractivity contribution is -0.137. The summed E-state index contributed by atoms with van der Waals surface area (Å²) in [5.41, 5.74) is 0. The molecule has 0 aliphatic rings. The van der Waals surface area contributed by atoms with Gasteiger partial charge in [0, 0.05) is 6.42 Å². The van der Waals surface area contributed by atoms with Crippen LogP contribution in [0.15, 0.2) is 12.2 Å². The maximum absolute atomic E-state index is 10.3. The van der Waals surface area contributed by atoms with Crippen LogP contribution in [-0.2, 0) is 4.79 Å². The summed E-state index contributed by atoms with van der Waals surface area (Å²) in [7, 11) is 0. The summed E-state index contributed by atoms with van der Waals surface area (Å²) in [5, 5.41) is 18.1. The fraction of sp³-hybridized carbons (Fsp3) is 0.812. The molecule has 0 aromatic heterocycles. The molecule has 0 aromatic rings. The second kappa shape index (κ2) is 13.6. The van der Waals surface area contributed by atoms with Crippen molar-refractivity contribution in [1.29, 1.82) is 0 Å². The summed E-state index contributed by atoms with van der Waals surface area (Å²) in [6.07, 6.45) is 14.6. The lowest BCUT2D eigenvalue weighted by atomic mass is 10.1. The summed E-state index contributed by atoms with van der Waals surface area (Å²) >= 11 is 0. The molecule has 0 radical (unpaired) electrons. The highest BCUT2D eigenvalue weighted by molar-refractivity contribution is 5.66. The average molecular weight is 270 g/mol. The van der Waals surface area contributed by atoms with Gasteiger partial charge in [-0.3, -0.25) is 4.79 Å². The lowest BCUT2D eigenvalue weighted by Crippen LogP contribution is -2.03. The first-order valence-corrected chi connectivity index (χ1v) is 7.71. The minimum atomic E-state index is -0.690. The summed E-state index contributed by atoms with van der Waals surface area (Å²) in [6.45, 7) is 2.14. The number of carboxylic acid groups (broad SMARTS) is 1. The van der Waals surface area contributed by atoms with Crippen molar-refractivity contribution in [3.63, 3.8) is 0 Å². The Hall–Kier alpha value is -0.830. The van der Waals surface area contributed by atoms with E-state index in [-0.39, 0.29) is 6.10 Å². The molecule has 0 spiro atoms. The van der Waals surface area contributed by atoms with E-state index in [0.29, 0.717) is 6.42 Å². The van der Waals surface area contributed by atoms with Crippen molar-refractivity contribution < 1.29 is 15.0 Å². The van der Waals surface area contributed by atoms with Gasteiger partial charge in [0.2, 0.25) is 0 Å². The molecular weight excluding hydrogens is 240 g/mol. The van der Waals surface area contributed by atoms with E-state index in [1.165, 1.54) is 6.42 Å². The second-order valence-corrected chi connectivity index (χ2v) is 5.20. The standard InChI is InChI=1S/C16H30O3/c1-2-3-12-15(17)13-10-8-6-4-5-7-9-11-14-16(18)19/h8,10,15,17H,2-7,9,11-14H2,1H3,(H,18,19). The van der Waals surface area contributed by atoms with Gasteiger partial charge >= 0.3 is 5.97 Å². The van der Waals surface area contributed by atoms with Crippen molar-refractivity contribution in [2.24, 2.45) is 0 Å². The molecule has 0 aliphatic carbocycles. The molecule has 0 fully saturated rings. The van der Waals surface area contributed by atoms with Crippen LogP contribution < -0.4 is 0 Å². The van der Waals surface area contributed by atoms with E-state index in [0.717, 1.165) is 57.8 Å². The van der Waals surface area contributed by atoms with E-state index in [2.05, 4.69) is 19.1 Å². The molecule has 0 saturated carbocycles. The van der Waals surface area contributed by atoms with Crippen LogP contribution >= 0.6 is 0 Å². The lowest BCUT2D eigenvalue weighted by Gasteiger charge is -2.05. The van der Waals surface area contributed by atoms with Crippen molar-refractivity contribution in [2.45, 2.75) is 83.7 Å². The molecule has 3 nitrogen and oxygen atoms in total. The largest absolute Gasteiger partial charge is 0.481 e. The Morgan fingerprint density at radius 3 is 2.42 bits per heavy atom. The summed E-state index contributed by atoms with van der Waals surface area (Å²) < 4.78 is 0. The molecule has 0 rings (SSSR count). The average Bonchev–Trinajstić information content (AvgIpc) is 2.38. The fourth-order valence-electron chi connectivity index (χ4n) is 2.00. The third-order valence-electron chi connectivity index (χ3n) is 3.23. The topological polar surface area (TPSA) is 57.5 Å². The molecule has 0 bridgehead atoms. The van der Waals surface area contributed by atoms with Crippen LogP contribution in [0.2, 0.25) is 0 Å². The maximum atomic E-state index is 10.3. The van der Waals surface area contributed by atoms with Gasteiger partial charge < -0.3 is 10.2 Å². The number of hydrogen-bond donors (Lipinski definition) is 2. The van der Waals surface area contributed by atoms with Crippen molar-refractivity contribution in [2.75, 3.05) is 0 Å². The van der Waals surface area contributed by atoms with Gasteiger partial charge in [-0.2, -0.15) is 0 Å². The van der Waals surface area contributed by atoms with Crippen LogP contribution in [0.4, 0.5) is 0 Å². The third-order valence-corrected chi connectivity index (χ3v) is 3.23. The van der Waals surface area contributed by atoms with Gasteiger partial charge in [-0.1, -0.05) is 51.2 Å². The van der Waals surface area contributed by atoms with Gasteiger partial charge in [0.1, 0.15) is 0 Å². The number of carbonyl (C=O) groups is 1. The molecule has 0 amide bonds. The second-order valence-electron chi connectivity index (χ2n) is 5.20. The van der Waals surface area contributed by atoms with Crippen LogP contribution in [0.1, 0.15) is 77.6 Å². The Balaban J connectivity index is 3.22. The SMILES string of the molecule is CCCCC(O)CC=CCCCCCCCC(=O)O. The van der Waals surface area contributed by atoms with Crippen molar-refractivity contribution in [1.82, 2.24) is 0 Å². The zero-order valence-electron chi connectivity index (χ0n) is 12.3. The van der Waals surface area contributed by atoms with Crippen LogP contribution in [0.5, 0.6) is 0 Å². The van der Waals surface area contributed by atoms with Gasteiger partial charge in [0.15, 0.2) is 0 Å². The number of aliphatic hydroxyl groups is 1. The normalized spacial score (nSPS) is 12.9. The number of carboxylic acids is 1. The van der Waals surface area contributed by atoms with Gasteiger partial charge in [-0.25, -0.2) is 0 Å². The van der Waals surface area contributed by atoms with E-state index in [1.54, 1.807) is 0 Å². The van der Waals surface area contributed by atoms with E-state index < -0.39 is 5.97 Å². The zero-order chi connectivity index (χ0) is 14.3. The van der Waals surface area contributed by atoms with E-state index in [9.17, 15) is 9.90 Å². The molecule has 112 valence electrons. The maximum Gasteiger partial charge on any atom is 0.303 e. The van der Waals surface area contributed by atoms with E-state index in [4.69, 9.17) is 5.11 Å². The van der Waals surface area contributed by atoms with Gasteiger partial charge in [0.25, 0.3) is 0 Å². The molecule has 2 N–H and O–H groups in total. The molecule has 0 heterocycles. The molecule has 0 aromatic carbocycles. The molecule has 19 heavy (non-hydrogen) atoms. The van der Waals surface area contributed by atoms with Crippen molar-refractivity contribution >= 4 is 5.97 Å². The Kier molecular flexibility index (Phi) is 13.0. The van der Waals surface area contributed by atoms with Crippen molar-refractivity contribution in [3.05, 3.63) is 12.2 Å². The van der Waals surface area contributed by atoms with Crippen LogP contribution in [-0.4, -0.2) is 22.3 Å². The number of rotatable bonds is 13. The number of allylic oxidation sites excluding steroid dienone is 1. The minimum Gasteiger partial charge on any atom is -0.481 e. The van der Waals surface area contributed by atoms with Gasteiger partial charge in [-0.15, -0.1) is 0 Å². The summed E-state index contributed by atoms with van der Waals surface area (Å²) in [5.74, 6) is -0.690. The summed E-state index contributed by atoms with van der Waals surface area (Å²) in [4.78, 5) is 10.3. The number of aliphatic carboxylic acids is 1.